The maximum atomic E-state index is 12.2. The van der Waals surface area contributed by atoms with Crippen molar-refractivity contribution in [1.29, 1.82) is 0 Å². The molecule has 20 heavy (non-hydrogen) atoms. The van der Waals surface area contributed by atoms with E-state index >= 15 is 0 Å². The second-order valence-corrected chi connectivity index (χ2v) is 6.43. The Balaban J connectivity index is 2.23. The van der Waals surface area contributed by atoms with Gasteiger partial charge in [0.1, 0.15) is 6.04 Å². The highest BCUT2D eigenvalue weighted by molar-refractivity contribution is 5.95. The number of carbonyl (C=O) groups is 2. The molecule has 1 N–H and O–H groups in total. The van der Waals surface area contributed by atoms with Crippen molar-refractivity contribution in [3.05, 3.63) is 35.9 Å². The Morgan fingerprint density at radius 1 is 1.20 bits per heavy atom. The molecule has 1 aromatic carbocycles. The van der Waals surface area contributed by atoms with Gasteiger partial charge in [0.05, 0.1) is 6.54 Å². The summed E-state index contributed by atoms with van der Waals surface area (Å²) in [7, 11) is 0. The van der Waals surface area contributed by atoms with Gasteiger partial charge in [0, 0.05) is 6.54 Å². The van der Waals surface area contributed by atoms with E-state index in [1.54, 1.807) is 4.90 Å². The SMILES string of the molecule is CC(C)(C)CCN1C(=O)CNC(=O)C1c1ccccc1. The lowest BCUT2D eigenvalue weighted by Gasteiger charge is -2.36. The van der Waals surface area contributed by atoms with E-state index in [1.807, 2.05) is 30.3 Å². The fourth-order valence-corrected chi connectivity index (χ4v) is 2.32. The minimum atomic E-state index is -0.500. The molecule has 4 heteroatoms. The van der Waals surface area contributed by atoms with Gasteiger partial charge in [-0.2, -0.15) is 0 Å². The maximum Gasteiger partial charge on any atom is 0.247 e. The Hall–Kier alpha value is -1.84. The van der Waals surface area contributed by atoms with Gasteiger partial charge in [0.15, 0.2) is 0 Å². The van der Waals surface area contributed by atoms with Gasteiger partial charge in [0.2, 0.25) is 11.8 Å². The first-order valence-electron chi connectivity index (χ1n) is 7.00. The van der Waals surface area contributed by atoms with Crippen LogP contribution in [-0.4, -0.2) is 29.8 Å². The summed E-state index contributed by atoms with van der Waals surface area (Å²) >= 11 is 0. The van der Waals surface area contributed by atoms with Crippen molar-refractivity contribution in [2.45, 2.75) is 33.2 Å². The molecule has 2 rings (SSSR count). The molecule has 1 fully saturated rings. The van der Waals surface area contributed by atoms with Gasteiger partial charge in [-0.1, -0.05) is 51.1 Å². The minimum Gasteiger partial charge on any atom is -0.345 e. The highest BCUT2D eigenvalue weighted by atomic mass is 16.2. The number of piperazine rings is 1. The first-order valence-corrected chi connectivity index (χ1v) is 7.00. The second kappa shape index (κ2) is 5.65. The maximum absolute atomic E-state index is 12.2. The van der Waals surface area contributed by atoms with Gasteiger partial charge in [-0.3, -0.25) is 9.59 Å². The zero-order valence-electron chi connectivity index (χ0n) is 12.3. The molecule has 1 aliphatic rings. The lowest BCUT2D eigenvalue weighted by Crippen LogP contribution is -2.54. The number of benzene rings is 1. The van der Waals surface area contributed by atoms with Crippen LogP contribution in [0.3, 0.4) is 0 Å². The smallest absolute Gasteiger partial charge is 0.247 e. The number of rotatable bonds is 3. The molecule has 1 saturated heterocycles. The van der Waals surface area contributed by atoms with E-state index in [9.17, 15) is 9.59 Å². The Bertz CT molecular complexity index is 491. The lowest BCUT2D eigenvalue weighted by atomic mass is 9.91. The molecule has 0 radical (unpaired) electrons. The van der Waals surface area contributed by atoms with E-state index < -0.39 is 6.04 Å². The standard InChI is InChI=1S/C16H22N2O2/c1-16(2,3)9-10-18-13(19)11-17-15(20)14(18)12-7-5-4-6-8-12/h4-8,14H,9-11H2,1-3H3,(H,17,20). The van der Waals surface area contributed by atoms with Crippen molar-refractivity contribution < 1.29 is 9.59 Å². The molecule has 1 aromatic rings. The van der Waals surface area contributed by atoms with Gasteiger partial charge in [-0.05, 0) is 17.4 Å². The molecule has 1 atom stereocenters. The first kappa shape index (κ1) is 14.6. The number of carbonyl (C=O) groups excluding carboxylic acids is 2. The molecular formula is C16H22N2O2. The first-order chi connectivity index (χ1) is 9.38. The third-order valence-electron chi connectivity index (χ3n) is 3.51. The fourth-order valence-electron chi connectivity index (χ4n) is 2.32. The zero-order chi connectivity index (χ0) is 14.8. The number of nitrogens with zero attached hydrogens (tertiary/aromatic N) is 1. The summed E-state index contributed by atoms with van der Waals surface area (Å²) in [4.78, 5) is 26.0. The van der Waals surface area contributed by atoms with Crippen LogP contribution in [0.25, 0.3) is 0 Å². The molecular weight excluding hydrogens is 252 g/mol. The molecule has 0 aliphatic carbocycles. The Morgan fingerprint density at radius 3 is 2.45 bits per heavy atom. The molecule has 2 amide bonds. The van der Waals surface area contributed by atoms with Crippen LogP contribution in [0.1, 0.15) is 38.8 Å². The van der Waals surface area contributed by atoms with E-state index in [-0.39, 0.29) is 23.8 Å². The van der Waals surface area contributed by atoms with Gasteiger partial charge in [-0.25, -0.2) is 0 Å². The van der Waals surface area contributed by atoms with Crippen molar-refractivity contribution in [3.8, 4) is 0 Å². The molecule has 0 saturated carbocycles. The fraction of sp³-hybridized carbons (Fsp3) is 0.500. The molecule has 0 bridgehead atoms. The quantitative estimate of drug-likeness (QED) is 0.918. The number of nitrogens with one attached hydrogen (secondary N) is 1. The van der Waals surface area contributed by atoms with Crippen LogP contribution in [0.15, 0.2) is 30.3 Å². The minimum absolute atomic E-state index is 0.0114. The molecule has 0 aromatic heterocycles. The predicted octanol–water partition coefficient (Wildman–Crippen LogP) is 2.12. The zero-order valence-corrected chi connectivity index (χ0v) is 12.3. The summed E-state index contributed by atoms with van der Waals surface area (Å²) in [6.07, 6.45) is 0.870. The molecule has 1 heterocycles. The summed E-state index contributed by atoms with van der Waals surface area (Å²) in [5.74, 6) is -0.104. The van der Waals surface area contributed by atoms with Crippen molar-refractivity contribution in [2.75, 3.05) is 13.1 Å². The summed E-state index contributed by atoms with van der Waals surface area (Å²) in [5, 5.41) is 2.68. The number of hydrogen-bond donors (Lipinski definition) is 1. The summed E-state index contributed by atoms with van der Waals surface area (Å²) in [6.45, 7) is 7.12. The normalized spacial score (nSPS) is 19.9. The molecule has 1 unspecified atom stereocenters. The molecule has 0 spiro atoms. The third-order valence-corrected chi connectivity index (χ3v) is 3.51. The van der Waals surface area contributed by atoms with Crippen LogP contribution in [-0.2, 0) is 9.59 Å². The van der Waals surface area contributed by atoms with Crippen LogP contribution in [0.2, 0.25) is 0 Å². The van der Waals surface area contributed by atoms with Crippen molar-refractivity contribution in [2.24, 2.45) is 5.41 Å². The van der Waals surface area contributed by atoms with Crippen molar-refractivity contribution >= 4 is 11.8 Å². The Kier molecular flexibility index (Phi) is 4.12. The predicted molar refractivity (Wildman–Crippen MR) is 78.0 cm³/mol. The van der Waals surface area contributed by atoms with Crippen LogP contribution < -0.4 is 5.32 Å². The summed E-state index contributed by atoms with van der Waals surface area (Å²) in [5.41, 5.74) is 1.00. The number of hydrogen-bond acceptors (Lipinski definition) is 2. The van der Waals surface area contributed by atoms with E-state index in [0.29, 0.717) is 6.54 Å². The van der Waals surface area contributed by atoms with Gasteiger partial charge in [0.25, 0.3) is 0 Å². The molecule has 1 aliphatic heterocycles. The average molecular weight is 274 g/mol. The van der Waals surface area contributed by atoms with Gasteiger partial charge >= 0.3 is 0 Å². The second-order valence-electron chi connectivity index (χ2n) is 6.43. The van der Waals surface area contributed by atoms with Crippen LogP contribution in [0.4, 0.5) is 0 Å². The highest BCUT2D eigenvalue weighted by Crippen LogP contribution is 2.27. The van der Waals surface area contributed by atoms with Crippen molar-refractivity contribution in [3.63, 3.8) is 0 Å². The van der Waals surface area contributed by atoms with Crippen LogP contribution >= 0.6 is 0 Å². The van der Waals surface area contributed by atoms with Crippen LogP contribution in [0.5, 0.6) is 0 Å². The van der Waals surface area contributed by atoms with Crippen molar-refractivity contribution in [1.82, 2.24) is 10.2 Å². The van der Waals surface area contributed by atoms with E-state index in [1.165, 1.54) is 0 Å². The largest absolute Gasteiger partial charge is 0.345 e. The Labute approximate surface area is 120 Å². The van der Waals surface area contributed by atoms with E-state index in [2.05, 4.69) is 26.1 Å². The summed E-state index contributed by atoms with van der Waals surface area (Å²) < 4.78 is 0. The molecule has 108 valence electrons. The topological polar surface area (TPSA) is 49.4 Å². The lowest BCUT2D eigenvalue weighted by molar-refractivity contribution is -0.146. The van der Waals surface area contributed by atoms with Gasteiger partial charge < -0.3 is 10.2 Å². The highest BCUT2D eigenvalue weighted by Gasteiger charge is 2.35. The van der Waals surface area contributed by atoms with E-state index in [4.69, 9.17) is 0 Å². The van der Waals surface area contributed by atoms with Crippen LogP contribution in [0, 0.1) is 5.41 Å². The molecule has 4 nitrogen and oxygen atoms in total. The number of amides is 2. The Morgan fingerprint density at radius 2 is 1.85 bits per heavy atom. The monoisotopic (exact) mass is 274 g/mol. The van der Waals surface area contributed by atoms with Gasteiger partial charge in [-0.15, -0.1) is 0 Å². The average Bonchev–Trinajstić information content (AvgIpc) is 2.39. The summed E-state index contributed by atoms with van der Waals surface area (Å²) in [6, 6.07) is 8.98. The third kappa shape index (κ3) is 3.38. The van der Waals surface area contributed by atoms with E-state index in [0.717, 1.165) is 12.0 Å².